The molecule has 12 heteroatoms. The van der Waals surface area contributed by atoms with E-state index in [9.17, 15) is 24.9 Å². The summed E-state index contributed by atoms with van der Waals surface area (Å²) in [6, 6.07) is 2.22. The van der Waals surface area contributed by atoms with Crippen molar-refractivity contribution in [3.05, 3.63) is 23.3 Å². The molecule has 7 N–H and O–H groups in total. The summed E-state index contributed by atoms with van der Waals surface area (Å²) in [6.45, 7) is 1.81. The molecule has 2 saturated heterocycles. The van der Waals surface area contributed by atoms with Crippen molar-refractivity contribution >= 4 is 19.0 Å². The van der Waals surface area contributed by atoms with E-state index in [1.54, 1.807) is 0 Å². The molecule has 30 heavy (non-hydrogen) atoms. The van der Waals surface area contributed by atoms with Crippen LogP contribution in [0.3, 0.4) is 0 Å². The molecule has 1 atom stereocenters. The molecular weight excluding hydrogens is 397 g/mol. The molecule has 164 valence electrons. The van der Waals surface area contributed by atoms with E-state index < -0.39 is 31.0 Å². The number of phenols is 1. The Labute approximate surface area is 173 Å². The molecular formula is C18H26BN3O8. The second-order valence-electron chi connectivity index (χ2n) is 7.73. The second kappa shape index (κ2) is 9.19. The lowest BCUT2D eigenvalue weighted by Crippen LogP contribution is -2.62. The number of aryl methyl sites for hydroxylation is 1. The van der Waals surface area contributed by atoms with Crippen LogP contribution < -0.4 is 10.5 Å². The fourth-order valence-electron chi connectivity index (χ4n) is 3.56. The highest BCUT2D eigenvalue weighted by Crippen LogP contribution is 2.34. The number of carboxylic acids is 1. The minimum absolute atomic E-state index is 0.0212. The third-order valence-corrected chi connectivity index (χ3v) is 5.27. The van der Waals surface area contributed by atoms with Gasteiger partial charge in [-0.3, -0.25) is 9.69 Å². The standard InChI is InChI=1S/C18H26BN3O8/c20-13(17(25)22-5-11(23)6-22)9-21-7-12(8-21)30-14-2-1-10(3-4-19(28)29)16(24)15(14)18(26)27/h1-2,11-13,23-24,28-29H,3-9,20H2,(H,26,27). The number of hydrogen-bond acceptors (Lipinski definition) is 9. The van der Waals surface area contributed by atoms with Gasteiger partial charge < -0.3 is 40.7 Å². The average molecular weight is 423 g/mol. The largest absolute Gasteiger partial charge is 0.507 e. The number of hydrogen-bond donors (Lipinski definition) is 6. The summed E-state index contributed by atoms with van der Waals surface area (Å²) in [4.78, 5) is 27.1. The molecule has 3 rings (SSSR count). The summed E-state index contributed by atoms with van der Waals surface area (Å²) in [7, 11) is -1.56. The van der Waals surface area contributed by atoms with Crippen molar-refractivity contribution < 1.29 is 39.7 Å². The van der Waals surface area contributed by atoms with Crippen LogP contribution in [0.1, 0.15) is 15.9 Å². The number of ether oxygens (including phenoxy) is 1. The van der Waals surface area contributed by atoms with Gasteiger partial charge in [0.05, 0.1) is 12.1 Å². The number of likely N-dealkylation sites (tertiary alicyclic amines) is 2. The second-order valence-corrected chi connectivity index (χ2v) is 7.73. The van der Waals surface area contributed by atoms with Gasteiger partial charge in [-0.2, -0.15) is 0 Å². The van der Waals surface area contributed by atoms with E-state index in [1.807, 2.05) is 4.90 Å². The first-order valence-electron chi connectivity index (χ1n) is 9.71. The van der Waals surface area contributed by atoms with Crippen LogP contribution in [0.2, 0.25) is 6.32 Å². The average Bonchev–Trinajstić information content (AvgIpc) is 2.61. The normalized spacial score (nSPS) is 18.5. The predicted molar refractivity (Wildman–Crippen MR) is 105 cm³/mol. The van der Waals surface area contributed by atoms with Crippen LogP contribution in [-0.4, -0.2) is 105 Å². The van der Waals surface area contributed by atoms with E-state index in [0.717, 1.165) is 0 Å². The molecule has 2 fully saturated rings. The van der Waals surface area contributed by atoms with Crippen LogP contribution in [0, 0.1) is 0 Å². The maximum absolute atomic E-state index is 12.1. The molecule has 0 aliphatic carbocycles. The van der Waals surface area contributed by atoms with Crippen LogP contribution in [0.5, 0.6) is 11.5 Å². The smallest absolute Gasteiger partial charge is 0.451 e. The maximum atomic E-state index is 12.1. The van der Waals surface area contributed by atoms with Gasteiger partial charge in [-0.25, -0.2) is 4.79 Å². The fourth-order valence-corrected chi connectivity index (χ4v) is 3.56. The zero-order valence-electron chi connectivity index (χ0n) is 16.3. The van der Waals surface area contributed by atoms with E-state index in [1.165, 1.54) is 17.0 Å². The van der Waals surface area contributed by atoms with Gasteiger partial charge in [0, 0.05) is 32.7 Å². The zero-order chi connectivity index (χ0) is 22.0. The SMILES string of the molecule is NC(CN1CC(Oc2ccc(CCB(O)O)c(O)c2C(=O)O)C1)C(=O)N1CC(O)C1. The summed E-state index contributed by atoms with van der Waals surface area (Å²) >= 11 is 0. The van der Waals surface area contributed by atoms with Crippen molar-refractivity contribution in [2.24, 2.45) is 5.73 Å². The maximum Gasteiger partial charge on any atom is 0.451 e. The molecule has 0 bridgehead atoms. The van der Waals surface area contributed by atoms with Crippen LogP contribution >= 0.6 is 0 Å². The minimum Gasteiger partial charge on any atom is -0.507 e. The first-order valence-corrected chi connectivity index (χ1v) is 9.71. The van der Waals surface area contributed by atoms with Crippen molar-refractivity contribution in [2.75, 3.05) is 32.7 Å². The molecule has 11 nitrogen and oxygen atoms in total. The minimum atomic E-state index is -1.56. The third kappa shape index (κ3) is 5.02. The van der Waals surface area contributed by atoms with Crippen molar-refractivity contribution in [1.29, 1.82) is 0 Å². The molecule has 2 aliphatic rings. The van der Waals surface area contributed by atoms with Gasteiger partial charge in [0.2, 0.25) is 5.91 Å². The molecule has 0 saturated carbocycles. The highest BCUT2D eigenvalue weighted by molar-refractivity contribution is 6.41. The van der Waals surface area contributed by atoms with Crippen molar-refractivity contribution in [1.82, 2.24) is 9.80 Å². The summed E-state index contributed by atoms with van der Waals surface area (Å²) < 4.78 is 5.72. The molecule has 1 aromatic rings. The quantitative estimate of drug-likeness (QED) is 0.237. The van der Waals surface area contributed by atoms with Crippen LogP contribution in [-0.2, 0) is 11.2 Å². The number of aromatic carboxylic acids is 1. The number of nitrogens with zero attached hydrogens (tertiary/aromatic N) is 2. The lowest BCUT2D eigenvalue weighted by atomic mass is 9.82. The van der Waals surface area contributed by atoms with Crippen LogP contribution in [0.25, 0.3) is 0 Å². The van der Waals surface area contributed by atoms with Crippen molar-refractivity contribution in [3.63, 3.8) is 0 Å². The summed E-state index contributed by atoms with van der Waals surface area (Å²) in [5, 5.41) is 46.9. The van der Waals surface area contributed by atoms with E-state index in [0.29, 0.717) is 32.7 Å². The van der Waals surface area contributed by atoms with E-state index in [-0.39, 0.29) is 41.6 Å². The number of aliphatic hydroxyl groups excluding tert-OH is 1. The van der Waals surface area contributed by atoms with E-state index in [4.69, 9.17) is 20.5 Å². The Morgan fingerprint density at radius 1 is 1.23 bits per heavy atom. The Morgan fingerprint density at radius 2 is 1.90 bits per heavy atom. The Kier molecular flexibility index (Phi) is 6.83. The van der Waals surface area contributed by atoms with Gasteiger partial charge in [-0.05, 0) is 24.4 Å². The van der Waals surface area contributed by atoms with Crippen molar-refractivity contribution in [3.8, 4) is 11.5 Å². The number of aromatic hydroxyl groups is 1. The molecule has 0 spiro atoms. The highest BCUT2D eigenvalue weighted by Gasteiger charge is 2.36. The lowest BCUT2D eigenvalue weighted by Gasteiger charge is -2.42. The van der Waals surface area contributed by atoms with Gasteiger partial charge in [-0.15, -0.1) is 0 Å². The van der Waals surface area contributed by atoms with Gasteiger partial charge in [0.15, 0.2) is 0 Å². The molecule has 1 aromatic carbocycles. The molecule has 0 aromatic heterocycles. The number of carboxylic acid groups (broad SMARTS) is 1. The molecule has 0 radical (unpaired) electrons. The number of rotatable bonds is 9. The molecule has 1 unspecified atom stereocenters. The number of aliphatic hydroxyl groups is 1. The number of nitrogens with two attached hydrogens (primary N) is 1. The van der Waals surface area contributed by atoms with Gasteiger partial charge in [-0.1, -0.05) is 6.07 Å². The first-order chi connectivity index (χ1) is 14.2. The third-order valence-electron chi connectivity index (χ3n) is 5.27. The Balaban J connectivity index is 1.54. The number of benzene rings is 1. The summed E-state index contributed by atoms with van der Waals surface area (Å²) in [5.74, 6) is -2.00. The van der Waals surface area contributed by atoms with E-state index in [2.05, 4.69) is 0 Å². The summed E-state index contributed by atoms with van der Waals surface area (Å²) in [5.41, 5.74) is 5.84. The van der Waals surface area contributed by atoms with Gasteiger partial charge in [0.25, 0.3) is 0 Å². The number of amides is 1. The molecule has 2 aliphatic heterocycles. The Bertz CT molecular complexity index is 796. The highest BCUT2D eigenvalue weighted by atomic mass is 16.5. The first kappa shape index (κ1) is 22.3. The monoisotopic (exact) mass is 423 g/mol. The number of carbonyl (C=O) groups is 2. The Hall–Kier alpha value is -2.38. The molecule has 2 heterocycles. The summed E-state index contributed by atoms with van der Waals surface area (Å²) in [6.07, 6.45) is -0.746. The van der Waals surface area contributed by atoms with E-state index >= 15 is 0 Å². The number of β-amino-alcohol motifs (C(OH)–C–C–N with tert-alkyl or cyclic N) is 1. The lowest BCUT2D eigenvalue weighted by molar-refractivity contribution is -0.143. The molecule has 1 amide bonds. The van der Waals surface area contributed by atoms with Gasteiger partial charge in [0.1, 0.15) is 23.2 Å². The van der Waals surface area contributed by atoms with Gasteiger partial charge >= 0.3 is 13.1 Å². The number of carbonyl (C=O) groups excluding carboxylic acids is 1. The zero-order valence-corrected chi connectivity index (χ0v) is 16.3. The fraction of sp³-hybridized carbons (Fsp3) is 0.556. The van der Waals surface area contributed by atoms with Crippen LogP contribution in [0.4, 0.5) is 0 Å². The van der Waals surface area contributed by atoms with Crippen LogP contribution in [0.15, 0.2) is 12.1 Å². The Morgan fingerprint density at radius 3 is 2.47 bits per heavy atom. The van der Waals surface area contributed by atoms with Crippen molar-refractivity contribution in [2.45, 2.75) is 31.0 Å². The topological polar surface area (TPSA) is 177 Å². The predicted octanol–water partition coefficient (Wildman–Crippen LogP) is -2.30.